The van der Waals surface area contributed by atoms with Crippen molar-refractivity contribution in [2.75, 3.05) is 52.3 Å². The number of anilines is 1. The van der Waals surface area contributed by atoms with Gasteiger partial charge in [-0.05, 0) is 63.3 Å². The molecule has 0 atom stereocenters. The summed E-state index contributed by atoms with van der Waals surface area (Å²) in [7, 11) is 1.90. The molecule has 3 rings (SSSR count). The molecule has 0 fully saturated rings. The predicted molar refractivity (Wildman–Crippen MR) is 154 cm³/mol. The number of aromatic nitrogens is 1. The van der Waals surface area contributed by atoms with E-state index in [2.05, 4.69) is 0 Å². The van der Waals surface area contributed by atoms with Crippen molar-refractivity contribution in [3.8, 4) is 5.75 Å². The van der Waals surface area contributed by atoms with Gasteiger partial charge in [-0.25, -0.2) is 13.4 Å². The number of amides is 1. The first kappa shape index (κ1) is 31.0. The highest BCUT2D eigenvalue weighted by Crippen LogP contribution is 2.36. The molecule has 0 aliphatic carbocycles. The maximum atomic E-state index is 13.6. The molecule has 37 heavy (non-hydrogen) atoms. The molecule has 0 aliphatic heterocycles. The first-order chi connectivity index (χ1) is 17.1. The molecule has 1 heterocycles. The Balaban J connectivity index is 0.00000481. The van der Waals surface area contributed by atoms with Crippen LogP contribution in [-0.4, -0.2) is 75.9 Å². The third-order valence-electron chi connectivity index (χ3n) is 6.01. The lowest BCUT2D eigenvalue weighted by atomic mass is 10.2. The second kappa shape index (κ2) is 13.5. The third kappa shape index (κ3) is 7.00. The van der Waals surface area contributed by atoms with Crippen LogP contribution in [0.25, 0.3) is 10.2 Å². The van der Waals surface area contributed by atoms with Gasteiger partial charge in [0.1, 0.15) is 11.3 Å². The highest BCUT2D eigenvalue weighted by Gasteiger charge is 2.25. The molecule has 1 amide bonds. The van der Waals surface area contributed by atoms with Crippen LogP contribution >= 0.6 is 23.7 Å². The Morgan fingerprint density at radius 2 is 1.70 bits per heavy atom. The fourth-order valence-corrected chi connectivity index (χ4v) is 6.38. The number of unbranched alkanes of at least 4 members (excludes halogenated alkanes) is 1. The Bertz CT molecular complexity index is 1290. The number of methoxy groups -OCH3 is 1. The molecule has 2 aromatic carbocycles. The number of ether oxygens (including phenoxy) is 1. The van der Waals surface area contributed by atoms with E-state index in [0.717, 1.165) is 28.6 Å². The van der Waals surface area contributed by atoms with Gasteiger partial charge in [0.15, 0.2) is 5.13 Å². The van der Waals surface area contributed by atoms with Crippen LogP contribution in [-0.2, 0) is 10.0 Å². The van der Waals surface area contributed by atoms with Crippen molar-refractivity contribution < 1.29 is 17.9 Å². The van der Waals surface area contributed by atoms with Crippen molar-refractivity contribution in [3.05, 3.63) is 47.5 Å². The van der Waals surface area contributed by atoms with Crippen LogP contribution in [0, 0.1) is 6.92 Å². The van der Waals surface area contributed by atoms with E-state index >= 15 is 0 Å². The topological polar surface area (TPSA) is 83.1 Å². The maximum absolute atomic E-state index is 13.6. The van der Waals surface area contributed by atoms with E-state index in [1.54, 1.807) is 24.1 Å². The van der Waals surface area contributed by atoms with Crippen molar-refractivity contribution in [3.63, 3.8) is 0 Å². The van der Waals surface area contributed by atoms with E-state index in [9.17, 15) is 13.2 Å². The molecule has 0 aliphatic rings. The molecule has 0 radical (unpaired) electrons. The lowest BCUT2D eigenvalue weighted by molar-refractivity contribution is 0.0985. The monoisotopic (exact) mass is 568 g/mol. The highest BCUT2D eigenvalue weighted by molar-refractivity contribution is 7.89. The maximum Gasteiger partial charge on any atom is 0.260 e. The lowest BCUT2D eigenvalue weighted by Crippen LogP contribution is -2.36. The molecule has 0 spiro atoms. The van der Waals surface area contributed by atoms with Crippen LogP contribution in [0.3, 0.4) is 0 Å². The summed E-state index contributed by atoms with van der Waals surface area (Å²) in [6, 6.07) is 10.1. The number of carbonyl (C=O) groups excluding carboxylic acids is 1. The van der Waals surface area contributed by atoms with Gasteiger partial charge in [0.2, 0.25) is 10.0 Å². The Morgan fingerprint density at radius 1 is 1.03 bits per heavy atom. The van der Waals surface area contributed by atoms with Crippen LogP contribution in [0.4, 0.5) is 5.13 Å². The molecule has 0 saturated carbocycles. The summed E-state index contributed by atoms with van der Waals surface area (Å²) in [5.41, 5.74) is 2.20. The Kier molecular flexibility index (Phi) is 11.3. The minimum Gasteiger partial charge on any atom is -0.494 e. The van der Waals surface area contributed by atoms with Gasteiger partial charge in [0, 0.05) is 31.7 Å². The summed E-state index contributed by atoms with van der Waals surface area (Å²) in [4.78, 5) is 22.3. The van der Waals surface area contributed by atoms with Crippen LogP contribution in [0.1, 0.15) is 42.6 Å². The molecule has 0 N–H and O–H groups in total. The van der Waals surface area contributed by atoms with Crippen molar-refractivity contribution in [2.45, 2.75) is 38.5 Å². The summed E-state index contributed by atoms with van der Waals surface area (Å²) in [5.74, 6) is 0.436. The quantitative estimate of drug-likeness (QED) is 0.304. The second-order valence-electron chi connectivity index (χ2n) is 8.89. The molecule has 0 saturated heterocycles. The van der Waals surface area contributed by atoms with Crippen molar-refractivity contribution in [1.29, 1.82) is 0 Å². The number of rotatable bonds is 12. The number of carbonyl (C=O) groups is 1. The molecule has 0 bridgehead atoms. The van der Waals surface area contributed by atoms with Gasteiger partial charge in [0.05, 0.1) is 16.7 Å². The molecular weight excluding hydrogens is 532 g/mol. The number of nitrogens with zero attached hydrogens (tertiary/aromatic N) is 4. The Hall–Kier alpha value is -2.24. The van der Waals surface area contributed by atoms with E-state index in [1.807, 2.05) is 51.9 Å². The van der Waals surface area contributed by atoms with Gasteiger partial charge in [-0.3, -0.25) is 9.69 Å². The number of thiazole rings is 1. The normalized spacial score (nSPS) is 11.7. The minimum atomic E-state index is -3.61. The van der Waals surface area contributed by atoms with Crippen molar-refractivity contribution in [2.24, 2.45) is 0 Å². The highest BCUT2D eigenvalue weighted by atomic mass is 35.5. The number of sulfonamides is 1. The van der Waals surface area contributed by atoms with Gasteiger partial charge in [-0.1, -0.05) is 37.7 Å². The van der Waals surface area contributed by atoms with Crippen LogP contribution < -0.4 is 9.64 Å². The first-order valence-electron chi connectivity index (χ1n) is 12.1. The number of benzene rings is 2. The standard InChI is InChI=1S/C26H36N4O4S2.ClH/c1-7-9-16-29(8-2)36(32,33)21-13-11-20(12-14-21)25(31)30(18-17-28(4)5)26-27-23-22(34-6)15-10-19(3)24(23)35-26;/h10-15H,7-9,16-18H2,1-6H3;1H. The number of likely N-dealkylation sites (N-methyl/N-ethyl adjacent to an activating group) is 1. The van der Waals surface area contributed by atoms with Crippen molar-refractivity contribution in [1.82, 2.24) is 14.2 Å². The van der Waals surface area contributed by atoms with Gasteiger partial charge in [0.25, 0.3) is 5.91 Å². The fourth-order valence-electron chi connectivity index (χ4n) is 3.82. The van der Waals surface area contributed by atoms with E-state index in [4.69, 9.17) is 9.72 Å². The SMILES string of the molecule is CCCCN(CC)S(=O)(=O)c1ccc(C(=O)N(CCN(C)C)c2nc3c(OC)ccc(C)c3s2)cc1.Cl. The van der Waals surface area contributed by atoms with Crippen LogP contribution in [0.15, 0.2) is 41.3 Å². The molecule has 0 unspecified atom stereocenters. The summed E-state index contributed by atoms with van der Waals surface area (Å²) in [5, 5.41) is 0.581. The zero-order valence-corrected chi connectivity index (χ0v) is 24.8. The zero-order valence-electron chi connectivity index (χ0n) is 22.4. The van der Waals surface area contributed by atoms with Gasteiger partial charge >= 0.3 is 0 Å². The molecule has 11 heteroatoms. The number of aryl methyl sites for hydroxylation is 1. The first-order valence-corrected chi connectivity index (χ1v) is 14.4. The largest absolute Gasteiger partial charge is 0.494 e. The molecule has 3 aromatic rings. The molecular formula is C26H37ClN4O4S2. The van der Waals surface area contributed by atoms with E-state index in [1.165, 1.54) is 27.8 Å². The van der Waals surface area contributed by atoms with Crippen molar-refractivity contribution >= 4 is 55.0 Å². The third-order valence-corrected chi connectivity index (χ3v) is 9.21. The van der Waals surface area contributed by atoms with E-state index in [0.29, 0.717) is 42.6 Å². The average Bonchev–Trinajstić information content (AvgIpc) is 3.30. The molecule has 8 nitrogen and oxygen atoms in total. The van der Waals surface area contributed by atoms with Gasteiger partial charge in [-0.2, -0.15) is 4.31 Å². The number of hydrogen-bond donors (Lipinski definition) is 0. The average molecular weight is 569 g/mol. The second-order valence-corrected chi connectivity index (χ2v) is 11.8. The number of halogens is 1. The zero-order chi connectivity index (χ0) is 26.5. The fraction of sp³-hybridized carbons (Fsp3) is 0.462. The molecule has 1 aromatic heterocycles. The smallest absolute Gasteiger partial charge is 0.260 e. The van der Waals surface area contributed by atoms with E-state index < -0.39 is 10.0 Å². The number of hydrogen-bond acceptors (Lipinski definition) is 7. The van der Waals surface area contributed by atoms with Gasteiger partial charge in [-0.15, -0.1) is 12.4 Å². The summed E-state index contributed by atoms with van der Waals surface area (Å²) in [6.07, 6.45) is 1.72. The van der Waals surface area contributed by atoms with Gasteiger partial charge < -0.3 is 9.64 Å². The Morgan fingerprint density at radius 3 is 2.27 bits per heavy atom. The summed E-state index contributed by atoms with van der Waals surface area (Å²) >= 11 is 1.45. The Labute approximate surface area is 230 Å². The van der Waals surface area contributed by atoms with Crippen LogP contribution in [0.2, 0.25) is 0 Å². The minimum absolute atomic E-state index is 0. The summed E-state index contributed by atoms with van der Waals surface area (Å²) in [6.45, 7) is 7.85. The summed E-state index contributed by atoms with van der Waals surface area (Å²) < 4.78 is 34.1. The van der Waals surface area contributed by atoms with Crippen LogP contribution in [0.5, 0.6) is 5.75 Å². The molecule has 204 valence electrons. The lowest BCUT2D eigenvalue weighted by Gasteiger charge is -2.23. The predicted octanol–water partition coefficient (Wildman–Crippen LogP) is 5.05. The number of fused-ring (bicyclic) bond motifs is 1. The van der Waals surface area contributed by atoms with E-state index in [-0.39, 0.29) is 23.2 Å².